The molecule has 0 unspecified atom stereocenters. The van der Waals surface area contributed by atoms with Crippen LogP contribution >= 0.6 is 0 Å². The van der Waals surface area contributed by atoms with Gasteiger partial charge in [0.2, 0.25) is 0 Å². The lowest BCUT2D eigenvalue weighted by Crippen LogP contribution is -2.34. The smallest absolute Gasteiger partial charge is 0.142 e. The third-order valence-corrected chi connectivity index (χ3v) is 5.67. The molecule has 1 heterocycles. The number of nitrogen functional groups attached to an aromatic ring is 1. The zero-order valence-corrected chi connectivity index (χ0v) is 18.1. The first-order valence-corrected chi connectivity index (χ1v) is 10.3. The Labute approximate surface area is 194 Å². The van der Waals surface area contributed by atoms with Crippen molar-refractivity contribution in [1.82, 2.24) is 9.97 Å². The fourth-order valence-electron chi connectivity index (χ4n) is 3.93. The van der Waals surface area contributed by atoms with Crippen molar-refractivity contribution in [3.8, 4) is 28.3 Å². The molecule has 0 saturated carbocycles. The molecule has 3 aromatic carbocycles. The number of aromatic nitrogens is 2. The Balaban J connectivity index is 1.98. The van der Waals surface area contributed by atoms with E-state index in [1.807, 2.05) is 19.1 Å². The summed E-state index contributed by atoms with van der Waals surface area (Å²) in [6.45, 7) is 1.84. The van der Waals surface area contributed by atoms with Crippen LogP contribution in [0.25, 0.3) is 33.5 Å². The van der Waals surface area contributed by atoms with E-state index in [4.69, 9.17) is 11.1 Å². The first-order valence-electron chi connectivity index (χ1n) is 10.3. The zero-order chi connectivity index (χ0) is 24.6. The van der Waals surface area contributed by atoms with E-state index in [9.17, 15) is 24.9 Å². The summed E-state index contributed by atoms with van der Waals surface area (Å²) in [5.74, 6) is -4.66. The lowest BCUT2D eigenvalue weighted by molar-refractivity contribution is -0.317. The molecular weight excluding hydrogens is 436 g/mol. The predicted molar refractivity (Wildman–Crippen MR) is 122 cm³/mol. The number of hydrogen-bond donors (Lipinski definition) is 4. The minimum Gasteiger partial charge on any atom is -0.550 e. The van der Waals surface area contributed by atoms with Gasteiger partial charge in [0.25, 0.3) is 0 Å². The number of carboxylic acid groups (broad SMARTS) is 2. The maximum atomic E-state index is 11.8. The van der Waals surface area contributed by atoms with Crippen LogP contribution in [0.3, 0.4) is 0 Å². The molecule has 34 heavy (non-hydrogen) atoms. The standard InChI is InChI=1S/C25H22N4O5/c1-12-4-2-3-5-15(12)17-8-14(16(25(33)34)11-21(30)31)9-18(22(17)32)24-28-19-7-6-13(23(26)27)10-20(19)29-24/h2-10,16,32H,11H2,1H3,(H3,26,27)(H,28,29)(H,30,31)(H,33,34)/p-2/t16-/m1/s1. The molecule has 9 heteroatoms. The lowest BCUT2D eigenvalue weighted by Gasteiger charge is -2.22. The number of amidine groups is 1. The first kappa shape index (κ1) is 22.5. The van der Waals surface area contributed by atoms with Crippen LogP contribution in [0, 0.1) is 12.3 Å². The number of aromatic hydroxyl groups is 1. The number of carboxylic acids is 2. The first-order chi connectivity index (χ1) is 16.2. The quantitative estimate of drug-likeness (QED) is 0.238. The van der Waals surface area contributed by atoms with Gasteiger partial charge in [-0.05, 0) is 60.4 Å². The number of imidazole rings is 1. The van der Waals surface area contributed by atoms with E-state index in [0.717, 1.165) is 5.56 Å². The Morgan fingerprint density at radius 1 is 1.09 bits per heavy atom. The second kappa shape index (κ2) is 8.70. The van der Waals surface area contributed by atoms with Crippen LogP contribution in [0.5, 0.6) is 5.75 Å². The molecule has 1 aromatic heterocycles. The van der Waals surface area contributed by atoms with Crippen molar-refractivity contribution in [3.05, 3.63) is 71.3 Å². The third kappa shape index (κ3) is 4.18. The maximum absolute atomic E-state index is 11.8. The molecule has 172 valence electrons. The normalized spacial score (nSPS) is 11.9. The fourth-order valence-corrected chi connectivity index (χ4v) is 3.93. The van der Waals surface area contributed by atoms with E-state index in [2.05, 4.69) is 9.97 Å². The van der Waals surface area contributed by atoms with E-state index in [1.165, 1.54) is 12.1 Å². The fraction of sp³-hybridized carbons (Fsp3) is 0.120. The van der Waals surface area contributed by atoms with Gasteiger partial charge in [0, 0.05) is 29.0 Å². The molecule has 0 saturated heterocycles. The van der Waals surface area contributed by atoms with Crippen molar-refractivity contribution >= 4 is 28.8 Å². The average Bonchev–Trinajstić information content (AvgIpc) is 3.21. The van der Waals surface area contributed by atoms with Gasteiger partial charge in [0.15, 0.2) is 0 Å². The van der Waals surface area contributed by atoms with Crippen molar-refractivity contribution in [1.29, 1.82) is 5.41 Å². The Morgan fingerprint density at radius 2 is 1.79 bits per heavy atom. The molecular formula is C25H20N4O5-2. The Morgan fingerprint density at radius 3 is 2.44 bits per heavy atom. The highest BCUT2D eigenvalue weighted by Gasteiger charge is 2.22. The van der Waals surface area contributed by atoms with E-state index in [0.29, 0.717) is 27.7 Å². The second-order valence-corrected chi connectivity index (χ2v) is 7.96. The zero-order valence-electron chi connectivity index (χ0n) is 18.1. The van der Waals surface area contributed by atoms with Gasteiger partial charge < -0.3 is 35.6 Å². The molecule has 0 fully saturated rings. The Hall–Kier alpha value is -4.66. The van der Waals surface area contributed by atoms with E-state index < -0.39 is 24.3 Å². The van der Waals surface area contributed by atoms with Gasteiger partial charge in [-0.2, -0.15) is 0 Å². The summed E-state index contributed by atoms with van der Waals surface area (Å²) in [6.07, 6.45) is -0.790. The minimum absolute atomic E-state index is 0.121. The number of aryl methyl sites for hydroxylation is 1. The number of carbonyl (C=O) groups excluding carboxylic acids is 2. The van der Waals surface area contributed by atoms with Crippen LogP contribution in [0.2, 0.25) is 0 Å². The number of phenolic OH excluding ortho intramolecular Hbond substituents is 1. The predicted octanol–water partition coefficient (Wildman–Crippen LogP) is 1.17. The van der Waals surface area contributed by atoms with E-state index in [1.54, 1.807) is 30.3 Å². The van der Waals surface area contributed by atoms with Crippen molar-refractivity contribution in [3.63, 3.8) is 0 Å². The Bertz CT molecular complexity index is 1460. The largest absolute Gasteiger partial charge is 0.550 e. The molecule has 9 nitrogen and oxygen atoms in total. The lowest BCUT2D eigenvalue weighted by atomic mass is 9.88. The van der Waals surface area contributed by atoms with Gasteiger partial charge in [-0.25, -0.2) is 4.98 Å². The SMILES string of the molecule is Cc1ccccc1-c1cc([C@@H](CC(=O)[O-])C(=O)[O-])cc(-c2nc3ccc(C(=N)N)cc3[nH]2)c1O. The summed E-state index contributed by atoms with van der Waals surface area (Å²) in [4.78, 5) is 30.6. The summed E-state index contributed by atoms with van der Waals surface area (Å²) < 4.78 is 0. The molecule has 0 radical (unpaired) electrons. The maximum Gasteiger partial charge on any atom is 0.142 e. The van der Waals surface area contributed by atoms with Crippen molar-refractivity contribution in [2.75, 3.05) is 0 Å². The second-order valence-electron chi connectivity index (χ2n) is 7.96. The number of fused-ring (bicyclic) bond motifs is 1. The van der Waals surface area contributed by atoms with Crippen LogP contribution in [0.4, 0.5) is 0 Å². The number of phenols is 1. The number of nitrogens with one attached hydrogen (secondary N) is 2. The summed E-state index contributed by atoms with van der Waals surface area (Å²) in [5, 5.41) is 41.9. The van der Waals surface area contributed by atoms with Crippen molar-refractivity contribution in [2.45, 2.75) is 19.3 Å². The minimum atomic E-state index is -1.58. The number of benzene rings is 3. The van der Waals surface area contributed by atoms with Crippen molar-refractivity contribution in [2.24, 2.45) is 5.73 Å². The molecule has 4 aromatic rings. The van der Waals surface area contributed by atoms with E-state index >= 15 is 0 Å². The van der Waals surface area contributed by atoms with Gasteiger partial charge in [0.05, 0.1) is 16.6 Å². The number of nitrogens with two attached hydrogens (primary N) is 1. The van der Waals surface area contributed by atoms with Gasteiger partial charge in [-0.1, -0.05) is 24.3 Å². The number of aliphatic carboxylic acids is 2. The molecule has 0 bridgehead atoms. The molecule has 0 spiro atoms. The molecule has 0 aliphatic heterocycles. The number of hydrogen-bond acceptors (Lipinski definition) is 7. The van der Waals surface area contributed by atoms with Crippen LogP contribution in [0.1, 0.15) is 29.0 Å². The molecule has 5 N–H and O–H groups in total. The highest BCUT2D eigenvalue weighted by Crippen LogP contribution is 2.41. The monoisotopic (exact) mass is 456 g/mol. The number of rotatable bonds is 7. The number of H-pyrrole nitrogens is 1. The number of aromatic amines is 1. The third-order valence-electron chi connectivity index (χ3n) is 5.67. The van der Waals surface area contributed by atoms with Crippen LogP contribution in [0.15, 0.2) is 54.6 Å². The van der Waals surface area contributed by atoms with E-state index in [-0.39, 0.29) is 28.5 Å². The number of carbonyl (C=O) groups is 2. The topological polar surface area (TPSA) is 179 Å². The molecule has 0 aliphatic rings. The highest BCUT2D eigenvalue weighted by molar-refractivity contribution is 5.98. The van der Waals surface area contributed by atoms with Gasteiger partial charge in [-0.3, -0.25) is 5.41 Å². The highest BCUT2D eigenvalue weighted by atomic mass is 16.4. The van der Waals surface area contributed by atoms with Crippen LogP contribution < -0.4 is 15.9 Å². The summed E-state index contributed by atoms with van der Waals surface area (Å²) in [5.41, 5.74) is 9.22. The van der Waals surface area contributed by atoms with Gasteiger partial charge >= 0.3 is 0 Å². The summed E-state index contributed by atoms with van der Waals surface area (Å²) >= 11 is 0. The molecule has 0 aliphatic carbocycles. The van der Waals surface area contributed by atoms with Crippen LogP contribution in [-0.2, 0) is 9.59 Å². The average molecular weight is 456 g/mol. The molecule has 4 rings (SSSR count). The Kier molecular flexibility index (Phi) is 5.77. The summed E-state index contributed by atoms with van der Waals surface area (Å²) in [6, 6.07) is 15.0. The molecule has 0 amide bonds. The van der Waals surface area contributed by atoms with Crippen molar-refractivity contribution < 1.29 is 24.9 Å². The number of nitrogens with zero attached hydrogens (tertiary/aromatic N) is 1. The van der Waals surface area contributed by atoms with Gasteiger partial charge in [-0.15, -0.1) is 0 Å². The van der Waals surface area contributed by atoms with Crippen LogP contribution in [-0.4, -0.2) is 32.8 Å². The summed E-state index contributed by atoms with van der Waals surface area (Å²) in [7, 11) is 0. The molecule has 1 atom stereocenters. The van der Waals surface area contributed by atoms with Gasteiger partial charge in [0.1, 0.15) is 17.4 Å².